The van der Waals surface area contributed by atoms with E-state index in [0.29, 0.717) is 15.7 Å². The van der Waals surface area contributed by atoms with Gasteiger partial charge in [-0.05, 0) is 66.0 Å². The third-order valence-corrected chi connectivity index (χ3v) is 4.45. The molecule has 2 N–H and O–H groups in total. The van der Waals surface area contributed by atoms with Gasteiger partial charge in [0.2, 0.25) is 5.91 Å². The van der Waals surface area contributed by atoms with Crippen LogP contribution in [0.2, 0.25) is 0 Å². The molecule has 0 saturated carbocycles. The van der Waals surface area contributed by atoms with Crippen molar-refractivity contribution in [3.63, 3.8) is 0 Å². The molecule has 2 amide bonds. The molecule has 0 aliphatic carbocycles. The molecule has 0 saturated heterocycles. The predicted molar refractivity (Wildman–Crippen MR) is 104 cm³/mol. The zero-order chi connectivity index (χ0) is 18.4. The molecule has 0 bridgehead atoms. The minimum atomic E-state index is -0.332. The molecule has 6 heteroatoms. The van der Waals surface area contributed by atoms with E-state index in [0.717, 1.165) is 16.8 Å². The van der Waals surface area contributed by atoms with Crippen molar-refractivity contribution in [2.24, 2.45) is 5.10 Å². The standard InChI is InChI=1S/C19H20BrN3O2/c1-12-7-6-10-17(14(12)3)21-18(24)11-13(2)22-23-19(25)15-8-4-5-9-16(15)20/h4-10H,11H2,1-3H3,(H,21,24)(H,23,25)/b22-13-. The Kier molecular flexibility index (Phi) is 6.47. The summed E-state index contributed by atoms with van der Waals surface area (Å²) in [5.41, 5.74) is 6.41. The topological polar surface area (TPSA) is 70.6 Å². The van der Waals surface area contributed by atoms with E-state index in [1.54, 1.807) is 25.1 Å². The van der Waals surface area contributed by atoms with Crippen molar-refractivity contribution in [2.75, 3.05) is 5.32 Å². The van der Waals surface area contributed by atoms with Crippen molar-refractivity contribution in [3.05, 3.63) is 63.6 Å². The molecule has 2 aromatic carbocycles. The molecule has 0 unspecified atom stereocenters. The predicted octanol–water partition coefficient (Wildman–Crippen LogP) is 4.20. The van der Waals surface area contributed by atoms with E-state index in [4.69, 9.17) is 0 Å². The highest BCUT2D eigenvalue weighted by molar-refractivity contribution is 9.10. The summed E-state index contributed by atoms with van der Waals surface area (Å²) in [4.78, 5) is 24.2. The monoisotopic (exact) mass is 401 g/mol. The van der Waals surface area contributed by atoms with Crippen molar-refractivity contribution >= 4 is 39.1 Å². The summed E-state index contributed by atoms with van der Waals surface area (Å²) in [6.07, 6.45) is 0.101. The quantitative estimate of drug-likeness (QED) is 0.581. The van der Waals surface area contributed by atoms with Gasteiger partial charge in [-0.15, -0.1) is 0 Å². The molecular formula is C19H20BrN3O2. The highest BCUT2D eigenvalue weighted by Crippen LogP contribution is 2.18. The first kappa shape index (κ1) is 18.9. The molecule has 0 radical (unpaired) electrons. The number of nitrogens with one attached hydrogen (secondary N) is 2. The van der Waals surface area contributed by atoms with E-state index < -0.39 is 0 Å². The molecule has 2 aromatic rings. The van der Waals surface area contributed by atoms with Crippen LogP contribution in [0.5, 0.6) is 0 Å². The van der Waals surface area contributed by atoms with Gasteiger partial charge in [-0.2, -0.15) is 5.10 Å². The van der Waals surface area contributed by atoms with Crippen molar-refractivity contribution in [2.45, 2.75) is 27.2 Å². The Morgan fingerprint density at radius 3 is 2.52 bits per heavy atom. The van der Waals surface area contributed by atoms with Crippen LogP contribution in [0, 0.1) is 13.8 Å². The van der Waals surface area contributed by atoms with Gasteiger partial charge in [-0.1, -0.05) is 24.3 Å². The molecule has 0 aliphatic rings. The number of carbonyl (C=O) groups excluding carboxylic acids is 2. The Labute approximate surface area is 155 Å². The highest BCUT2D eigenvalue weighted by atomic mass is 79.9. The minimum absolute atomic E-state index is 0.101. The van der Waals surface area contributed by atoms with Crippen LogP contribution in [0.1, 0.15) is 34.8 Å². The van der Waals surface area contributed by atoms with Gasteiger partial charge in [0, 0.05) is 15.9 Å². The molecule has 0 aliphatic heterocycles. The lowest BCUT2D eigenvalue weighted by atomic mass is 10.1. The molecule has 0 aromatic heterocycles. The van der Waals surface area contributed by atoms with E-state index in [1.807, 2.05) is 38.1 Å². The number of anilines is 1. The number of halogens is 1. The summed E-state index contributed by atoms with van der Waals surface area (Å²) in [5, 5.41) is 6.87. The van der Waals surface area contributed by atoms with Gasteiger partial charge in [-0.3, -0.25) is 9.59 Å². The zero-order valence-corrected chi connectivity index (χ0v) is 16.0. The summed E-state index contributed by atoms with van der Waals surface area (Å²) in [7, 11) is 0. The molecule has 25 heavy (non-hydrogen) atoms. The van der Waals surface area contributed by atoms with E-state index >= 15 is 0 Å². The van der Waals surface area contributed by atoms with Crippen LogP contribution in [0.15, 0.2) is 52.0 Å². The first-order chi connectivity index (χ1) is 11.9. The molecule has 0 heterocycles. The summed E-state index contributed by atoms with van der Waals surface area (Å²) >= 11 is 3.32. The number of hydrogen-bond acceptors (Lipinski definition) is 3. The fourth-order valence-electron chi connectivity index (χ4n) is 2.20. The molecule has 2 rings (SSSR count). The number of carbonyl (C=O) groups is 2. The maximum atomic E-state index is 12.1. The van der Waals surface area contributed by atoms with E-state index in [2.05, 4.69) is 31.8 Å². The van der Waals surface area contributed by atoms with Crippen molar-refractivity contribution in [1.29, 1.82) is 0 Å². The van der Waals surface area contributed by atoms with Crippen LogP contribution in [-0.4, -0.2) is 17.5 Å². The zero-order valence-electron chi connectivity index (χ0n) is 14.4. The average Bonchev–Trinajstić information content (AvgIpc) is 2.57. The fourth-order valence-corrected chi connectivity index (χ4v) is 2.67. The Hall–Kier alpha value is -2.47. The van der Waals surface area contributed by atoms with Crippen molar-refractivity contribution < 1.29 is 9.59 Å². The van der Waals surface area contributed by atoms with E-state index in [1.165, 1.54) is 0 Å². The molecular weight excluding hydrogens is 382 g/mol. The summed E-state index contributed by atoms with van der Waals surface area (Å²) in [6.45, 7) is 5.65. The second-order valence-corrected chi connectivity index (χ2v) is 6.59. The second kappa shape index (κ2) is 8.58. The Balaban J connectivity index is 1.94. The lowest BCUT2D eigenvalue weighted by Gasteiger charge is -2.10. The van der Waals surface area contributed by atoms with Crippen LogP contribution < -0.4 is 10.7 Å². The van der Waals surface area contributed by atoms with Gasteiger partial charge in [0.05, 0.1) is 12.0 Å². The average molecular weight is 402 g/mol. The largest absolute Gasteiger partial charge is 0.326 e. The number of amides is 2. The van der Waals surface area contributed by atoms with Gasteiger partial charge in [0.1, 0.15) is 0 Å². The summed E-state index contributed by atoms with van der Waals surface area (Å²) in [5.74, 6) is -0.508. The van der Waals surface area contributed by atoms with Crippen molar-refractivity contribution in [3.8, 4) is 0 Å². The van der Waals surface area contributed by atoms with Crippen LogP contribution in [0.25, 0.3) is 0 Å². The van der Waals surface area contributed by atoms with Gasteiger partial charge in [0.15, 0.2) is 0 Å². The van der Waals surface area contributed by atoms with Crippen LogP contribution in [0.3, 0.4) is 0 Å². The van der Waals surface area contributed by atoms with Gasteiger partial charge < -0.3 is 5.32 Å². The number of benzene rings is 2. The SMILES string of the molecule is C/C(CC(=O)Nc1cccc(C)c1C)=N/NC(=O)c1ccccc1Br. The van der Waals surface area contributed by atoms with Crippen LogP contribution in [0.4, 0.5) is 5.69 Å². The van der Waals surface area contributed by atoms with Gasteiger partial charge in [0.25, 0.3) is 5.91 Å². The first-order valence-corrected chi connectivity index (χ1v) is 8.62. The van der Waals surface area contributed by atoms with Gasteiger partial charge >= 0.3 is 0 Å². The molecule has 5 nitrogen and oxygen atoms in total. The Morgan fingerprint density at radius 1 is 1.08 bits per heavy atom. The maximum absolute atomic E-state index is 12.1. The number of rotatable bonds is 5. The molecule has 0 atom stereocenters. The fraction of sp³-hybridized carbons (Fsp3) is 0.211. The normalized spacial score (nSPS) is 11.1. The van der Waals surface area contributed by atoms with E-state index in [9.17, 15) is 9.59 Å². The lowest BCUT2D eigenvalue weighted by Crippen LogP contribution is -2.22. The highest BCUT2D eigenvalue weighted by Gasteiger charge is 2.10. The second-order valence-electron chi connectivity index (χ2n) is 5.74. The number of aryl methyl sites for hydroxylation is 1. The smallest absolute Gasteiger partial charge is 0.272 e. The number of hydrazone groups is 1. The van der Waals surface area contributed by atoms with Crippen molar-refractivity contribution in [1.82, 2.24) is 5.43 Å². The Bertz CT molecular complexity index is 831. The van der Waals surface area contributed by atoms with Gasteiger partial charge in [-0.25, -0.2) is 5.43 Å². The molecule has 0 spiro atoms. The Morgan fingerprint density at radius 2 is 1.80 bits per heavy atom. The third kappa shape index (κ3) is 5.26. The summed E-state index contributed by atoms with van der Waals surface area (Å²) < 4.78 is 0.688. The first-order valence-electron chi connectivity index (χ1n) is 7.82. The lowest BCUT2D eigenvalue weighted by molar-refractivity contribution is -0.115. The molecule has 0 fully saturated rings. The van der Waals surface area contributed by atoms with E-state index in [-0.39, 0.29) is 18.2 Å². The maximum Gasteiger partial charge on any atom is 0.272 e. The summed E-state index contributed by atoms with van der Waals surface area (Å²) in [6, 6.07) is 12.8. The number of nitrogens with zero attached hydrogens (tertiary/aromatic N) is 1. The number of hydrogen-bond donors (Lipinski definition) is 2. The minimum Gasteiger partial charge on any atom is -0.326 e. The molecule has 130 valence electrons. The third-order valence-electron chi connectivity index (χ3n) is 3.76. The van der Waals surface area contributed by atoms with Crippen LogP contribution in [-0.2, 0) is 4.79 Å². The van der Waals surface area contributed by atoms with Crippen LogP contribution >= 0.6 is 15.9 Å².